The fourth-order valence-electron chi connectivity index (χ4n) is 5.22. The molecule has 6 nitrogen and oxygen atoms in total. The lowest BCUT2D eigenvalue weighted by atomic mass is 9.79. The largest absolute Gasteiger partial charge is 0.497 e. The molecule has 0 bridgehead atoms. The quantitative estimate of drug-likeness (QED) is 0.575. The van der Waals surface area contributed by atoms with E-state index in [4.69, 9.17) is 14.5 Å². The number of nitrogens with zero attached hydrogens (tertiary/aromatic N) is 3. The van der Waals surface area contributed by atoms with Gasteiger partial charge in [-0.25, -0.2) is 4.98 Å². The second-order valence-corrected chi connectivity index (χ2v) is 9.23. The van der Waals surface area contributed by atoms with Crippen molar-refractivity contribution in [3.63, 3.8) is 0 Å². The van der Waals surface area contributed by atoms with Crippen LogP contribution in [0.15, 0.2) is 48.5 Å². The topological polar surface area (TPSA) is 49.9 Å². The Balaban J connectivity index is 1.49. The number of rotatable bonds is 7. The van der Waals surface area contributed by atoms with E-state index >= 15 is 0 Å². The minimum atomic E-state index is 0.448. The number of likely N-dealkylation sites (tertiary alicyclic amines) is 1. The third-order valence-electron chi connectivity index (χ3n) is 6.76. The first-order valence-electron chi connectivity index (χ1n) is 11.4. The molecule has 2 aliphatic rings. The van der Waals surface area contributed by atoms with Gasteiger partial charge >= 0.3 is 0 Å². The van der Waals surface area contributed by atoms with Crippen LogP contribution in [-0.2, 0) is 0 Å². The molecule has 0 saturated carbocycles. The number of likely N-dealkylation sites (N-methyl/N-ethyl adjacent to an activating group) is 1. The lowest BCUT2D eigenvalue weighted by Crippen LogP contribution is -2.55. The number of hydrogen-bond donors (Lipinski definition) is 1. The molecular formula is C26H32N4O2. The van der Waals surface area contributed by atoms with Crippen LogP contribution in [0.25, 0.3) is 22.2 Å². The molecule has 3 aromatic rings. The van der Waals surface area contributed by atoms with Crippen molar-refractivity contribution in [3.05, 3.63) is 48.5 Å². The van der Waals surface area contributed by atoms with E-state index in [9.17, 15) is 0 Å². The number of hydrogen-bond acceptors (Lipinski definition) is 6. The monoisotopic (exact) mass is 432 g/mol. The molecule has 1 N–H and O–H groups in total. The fraction of sp³-hybridized carbons (Fsp3) is 0.423. The van der Waals surface area contributed by atoms with Gasteiger partial charge in [-0.05, 0) is 63.0 Å². The molecule has 2 aliphatic heterocycles. The molecule has 0 atom stereocenters. The molecule has 32 heavy (non-hydrogen) atoms. The molecule has 3 heterocycles. The average molecular weight is 433 g/mol. The number of anilines is 1. The Bertz CT molecular complexity index is 1090. The zero-order chi connectivity index (χ0) is 22.1. The van der Waals surface area contributed by atoms with Gasteiger partial charge in [0.2, 0.25) is 0 Å². The second kappa shape index (κ2) is 8.60. The molecule has 0 aliphatic carbocycles. The Kier molecular flexibility index (Phi) is 5.66. The molecule has 1 aromatic heterocycles. The first-order chi connectivity index (χ1) is 15.6. The number of nitrogens with one attached hydrogen (secondary N) is 1. The first kappa shape index (κ1) is 21.0. The van der Waals surface area contributed by atoms with E-state index in [1.807, 2.05) is 31.3 Å². The highest BCUT2D eigenvalue weighted by atomic mass is 16.5. The maximum atomic E-state index is 5.78. The first-order valence-corrected chi connectivity index (χ1v) is 11.4. The van der Waals surface area contributed by atoms with Gasteiger partial charge in [-0.1, -0.05) is 0 Å². The highest BCUT2D eigenvalue weighted by Gasteiger charge is 2.46. The number of ether oxygens (including phenoxy) is 2. The number of benzene rings is 2. The van der Waals surface area contributed by atoms with Crippen molar-refractivity contribution in [1.82, 2.24) is 15.2 Å². The van der Waals surface area contributed by atoms with Gasteiger partial charge in [-0.15, -0.1) is 0 Å². The average Bonchev–Trinajstić information content (AvgIpc) is 3.23. The van der Waals surface area contributed by atoms with Crippen LogP contribution in [0.5, 0.6) is 11.5 Å². The van der Waals surface area contributed by atoms with Gasteiger partial charge in [-0.3, -0.25) is 0 Å². The molecule has 0 radical (unpaired) electrons. The van der Waals surface area contributed by atoms with E-state index in [1.54, 1.807) is 7.11 Å². The molecule has 5 rings (SSSR count). The summed E-state index contributed by atoms with van der Waals surface area (Å²) in [5.41, 5.74) is 4.76. The Morgan fingerprint density at radius 2 is 1.81 bits per heavy atom. The molecule has 1 spiro atoms. The SMILES string of the molecule is CNCCOc1ccc(-c2cc(N3CCC4(CN(C)C4)C3)c3ccc(OC)cc3n2)cc1. The summed E-state index contributed by atoms with van der Waals surface area (Å²) in [6, 6.07) is 16.7. The molecule has 2 saturated heterocycles. The van der Waals surface area contributed by atoms with E-state index in [0.717, 1.165) is 47.9 Å². The number of fused-ring (bicyclic) bond motifs is 1. The summed E-state index contributed by atoms with van der Waals surface area (Å²) < 4.78 is 11.3. The van der Waals surface area contributed by atoms with E-state index in [1.165, 1.54) is 30.6 Å². The van der Waals surface area contributed by atoms with Gasteiger partial charge in [-0.2, -0.15) is 0 Å². The van der Waals surface area contributed by atoms with E-state index in [2.05, 4.69) is 46.4 Å². The van der Waals surface area contributed by atoms with Crippen LogP contribution >= 0.6 is 0 Å². The van der Waals surface area contributed by atoms with Crippen LogP contribution in [0.4, 0.5) is 5.69 Å². The predicted molar refractivity (Wildman–Crippen MR) is 130 cm³/mol. The van der Waals surface area contributed by atoms with Crippen molar-refractivity contribution in [2.24, 2.45) is 5.41 Å². The van der Waals surface area contributed by atoms with Crippen molar-refractivity contribution in [2.45, 2.75) is 6.42 Å². The summed E-state index contributed by atoms with van der Waals surface area (Å²) >= 11 is 0. The van der Waals surface area contributed by atoms with E-state index in [0.29, 0.717) is 12.0 Å². The minimum Gasteiger partial charge on any atom is -0.497 e. The molecule has 6 heteroatoms. The lowest BCUT2D eigenvalue weighted by molar-refractivity contribution is 0.0424. The van der Waals surface area contributed by atoms with Gasteiger partial charge in [0.1, 0.15) is 18.1 Å². The smallest absolute Gasteiger partial charge is 0.121 e. The standard InChI is InChI=1S/C26H32N4O2/c1-27-11-13-32-20-6-4-19(5-7-20)23-15-25(22-9-8-21(31-3)14-24(22)28-23)30-12-10-26(18-30)16-29(2)17-26/h4-9,14-15,27H,10-13,16-18H2,1-3H3. The summed E-state index contributed by atoms with van der Waals surface area (Å²) in [6.07, 6.45) is 1.26. The molecule has 0 amide bonds. The maximum Gasteiger partial charge on any atom is 0.121 e. The summed E-state index contributed by atoms with van der Waals surface area (Å²) in [5, 5.41) is 4.28. The highest BCUT2D eigenvalue weighted by Crippen LogP contribution is 2.43. The normalized spacial score (nSPS) is 17.7. The second-order valence-electron chi connectivity index (χ2n) is 9.23. The Morgan fingerprint density at radius 1 is 1.03 bits per heavy atom. The fourth-order valence-corrected chi connectivity index (χ4v) is 5.22. The van der Waals surface area contributed by atoms with Crippen molar-refractivity contribution in [3.8, 4) is 22.8 Å². The third-order valence-corrected chi connectivity index (χ3v) is 6.76. The molecular weight excluding hydrogens is 400 g/mol. The Labute approximate surface area is 190 Å². The third kappa shape index (κ3) is 4.00. The van der Waals surface area contributed by atoms with Crippen LogP contribution in [-0.4, -0.2) is 70.4 Å². The molecule has 2 aromatic carbocycles. The van der Waals surface area contributed by atoms with Crippen LogP contribution in [0, 0.1) is 5.41 Å². The summed E-state index contributed by atoms with van der Waals surface area (Å²) in [4.78, 5) is 9.99. The van der Waals surface area contributed by atoms with Crippen LogP contribution in [0.1, 0.15) is 6.42 Å². The predicted octanol–water partition coefficient (Wildman–Crippen LogP) is 3.65. The van der Waals surface area contributed by atoms with E-state index in [-0.39, 0.29) is 0 Å². The molecule has 0 unspecified atom stereocenters. The summed E-state index contributed by atoms with van der Waals surface area (Å²) in [5.74, 6) is 1.71. The highest BCUT2D eigenvalue weighted by molar-refractivity contribution is 5.95. The van der Waals surface area contributed by atoms with Crippen molar-refractivity contribution >= 4 is 16.6 Å². The summed E-state index contributed by atoms with van der Waals surface area (Å²) in [7, 11) is 5.85. The van der Waals surface area contributed by atoms with Crippen molar-refractivity contribution < 1.29 is 9.47 Å². The van der Waals surface area contributed by atoms with Gasteiger partial charge in [0.15, 0.2) is 0 Å². The van der Waals surface area contributed by atoms with E-state index < -0.39 is 0 Å². The van der Waals surface area contributed by atoms with Crippen LogP contribution < -0.4 is 19.7 Å². The number of aromatic nitrogens is 1. The zero-order valence-electron chi connectivity index (χ0n) is 19.2. The minimum absolute atomic E-state index is 0.448. The Morgan fingerprint density at radius 3 is 2.53 bits per heavy atom. The van der Waals surface area contributed by atoms with Gasteiger partial charge in [0.05, 0.1) is 18.3 Å². The number of pyridine rings is 1. The zero-order valence-corrected chi connectivity index (χ0v) is 19.2. The van der Waals surface area contributed by atoms with Crippen molar-refractivity contribution in [2.75, 3.05) is 65.4 Å². The number of methoxy groups -OCH3 is 1. The van der Waals surface area contributed by atoms with Gasteiger partial charge in [0.25, 0.3) is 0 Å². The van der Waals surface area contributed by atoms with Gasteiger partial charge < -0.3 is 24.6 Å². The van der Waals surface area contributed by atoms with Crippen LogP contribution in [0.2, 0.25) is 0 Å². The van der Waals surface area contributed by atoms with Crippen LogP contribution in [0.3, 0.4) is 0 Å². The van der Waals surface area contributed by atoms with Crippen molar-refractivity contribution in [1.29, 1.82) is 0 Å². The lowest BCUT2D eigenvalue weighted by Gasteiger charge is -2.46. The van der Waals surface area contributed by atoms with Gasteiger partial charge in [0, 0.05) is 60.8 Å². The molecule has 2 fully saturated rings. The summed E-state index contributed by atoms with van der Waals surface area (Å²) in [6.45, 7) is 6.08. The maximum absolute atomic E-state index is 5.78. The molecule has 168 valence electrons. The Hall–Kier alpha value is -2.83.